The van der Waals surface area contributed by atoms with Crippen molar-refractivity contribution in [1.29, 1.82) is 0 Å². The average molecular weight is 411 g/mol. The van der Waals surface area contributed by atoms with Crippen molar-refractivity contribution in [3.8, 4) is 0 Å². The molecule has 5 atom stereocenters. The fourth-order valence-corrected chi connectivity index (χ4v) is 5.72. The Labute approximate surface area is 177 Å². The molecule has 2 aliphatic carbocycles. The number of ketones is 1. The summed E-state index contributed by atoms with van der Waals surface area (Å²) in [4.78, 5) is 52.9. The number of carbonyl (C=O) groups is 4. The molecule has 1 aromatic carbocycles. The molecule has 1 aromatic rings. The lowest BCUT2D eigenvalue weighted by molar-refractivity contribution is -0.160. The van der Waals surface area contributed by atoms with Crippen molar-refractivity contribution in [2.24, 2.45) is 29.6 Å². The summed E-state index contributed by atoms with van der Waals surface area (Å²) in [6, 6.07) is 4.56. The fraction of sp³-hybridized carbons (Fsp3) is 0.583. The van der Waals surface area contributed by atoms with E-state index in [4.69, 9.17) is 4.74 Å². The number of hydrogen-bond acceptors (Lipinski definition) is 5. The first-order valence-electron chi connectivity index (χ1n) is 10.8. The van der Waals surface area contributed by atoms with Crippen LogP contribution in [0.2, 0.25) is 0 Å². The lowest BCUT2D eigenvalue weighted by Gasteiger charge is -2.28. The highest BCUT2D eigenvalue weighted by atomic mass is 16.5. The number of rotatable bonds is 6. The maximum Gasteiger partial charge on any atom is 0.330 e. The zero-order chi connectivity index (χ0) is 21.7. The third-order valence-corrected chi connectivity index (χ3v) is 7.15. The van der Waals surface area contributed by atoms with E-state index < -0.39 is 18.6 Å². The van der Waals surface area contributed by atoms with Crippen LogP contribution in [0.3, 0.4) is 0 Å². The molecule has 3 aliphatic rings. The molecule has 0 N–H and O–H groups in total. The van der Waals surface area contributed by atoms with Crippen LogP contribution in [-0.4, -0.2) is 41.1 Å². The molecule has 6 nitrogen and oxygen atoms in total. The van der Waals surface area contributed by atoms with Crippen molar-refractivity contribution in [3.63, 3.8) is 0 Å². The third kappa shape index (κ3) is 3.26. The second kappa shape index (κ2) is 7.64. The van der Waals surface area contributed by atoms with Crippen LogP contribution in [0.25, 0.3) is 0 Å². The maximum absolute atomic E-state index is 13.1. The number of carbonyl (C=O) groups excluding carboxylic acids is 4. The van der Waals surface area contributed by atoms with Gasteiger partial charge in [-0.1, -0.05) is 31.5 Å². The standard InChI is InChI=1S/C24H29NO5/c1-12(2)21(24(29)30-11-18(26)17-9-13(3)5-6-14(17)4)25-22(27)19-15-7-8-16(10-15)20(19)23(25)28/h5-6,9,12,15-16,19-21H,7-8,10-11H2,1-4H3/t15-,16+,19+,20-,21-/m0/s1. The molecule has 0 aromatic heterocycles. The van der Waals surface area contributed by atoms with Crippen molar-refractivity contribution < 1.29 is 23.9 Å². The van der Waals surface area contributed by atoms with Gasteiger partial charge >= 0.3 is 5.97 Å². The number of esters is 1. The van der Waals surface area contributed by atoms with E-state index in [1.165, 1.54) is 0 Å². The molecule has 4 rings (SSSR count). The molecular weight excluding hydrogens is 382 g/mol. The Morgan fingerprint density at radius 2 is 1.67 bits per heavy atom. The van der Waals surface area contributed by atoms with E-state index in [1.807, 2.05) is 26.0 Å². The summed E-state index contributed by atoms with van der Waals surface area (Å²) in [5.74, 6) is -1.75. The van der Waals surface area contributed by atoms with E-state index in [0.29, 0.717) is 5.56 Å². The predicted molar refractivity (Wildman–Crippen MR) is 109 cm³/mol. The first kappa shape index (κ1) is 20.8. The summed E-state index contributed by atoms with van der Waals surface area (Å²) in [5.41, 5.74) is 2.28. The minimum absolute atomic E-state index is 0.228. The van der Waals surface area contributed by atoms with Crippen molar-refractivity contribution in [3.05, 3.63) is 34.9 Å². The molecule has 2 bridgehead atoms. The summed E-state index contributed by atoms with van der Waals surface area (Å²) in [7, 11) is 0. The number of nitrogens with zero attached hydrogens (tertiary/aromatic N) is 1. The molecule has 0 spiro atoms. The van der Waals surface area contributed by atoms with Gasteiger partial charge in [-0.2, -0.15) is 0 Å². The zero-order valence-electron chi connectivity index (χ0n) is 18.0. The number of ether oxygens (including phenoxy) is 1. The Kier molecular flexibility index (Phi) is 5.28. The van der Waals surface area contributed by atoms with E-state index in [0.717, 1.165) is 35.3 Å². The van der Waals surface area contributed by atoms with Gasteiger partial charge in [-0.3, -0.25) is 19.3 Å². The minimum Gasteiger partial charge on any atom is -0.456 e. The van der Waals surface area contributed by atoms with Crippen LogP contribution in [0.4, 0.5) is 0 Å². The quantitative estimate of drug-likeness (QED) is 0.408. The number of hydrogen-bond donors (Lipinski definition) is 0. The van der Waals surface area contributed by atoms with Crippen LogP contribution in [-0.2, 0) is 19.1 Å². The SMILES string of the molecule is Cc1ccc(C)c(C(=O)COC(=O)[C@H](C(C)C)N2C(=O)[C@@H]3[C@H]4CC[C@H](C4)[C@@H]3C2=O)c1. The third-order valence-electron chi connectivity index (χ3n) is 7.15. The summed E-state index contributed by atoms with van der Waals surface area (Å²) in [6.45, 7) is 6.91. The fourth-order valence-electron chi connectivity index (χ4n) is 5.72. The van der Waals surface area contributed by atoms with E-state index in [2.05, 4.69) is 0 Å². The molecular formula is C24H29NO5. The molecule has 1 heterocycles. The molecule has 1 saturated heterocycles. The van der Waals surface area contributed by atoms with Gasteiger partial charge in [0.2, 0.25) is 17.6 Å². The van der Waals surface area contributed by atoms with Gasteiger partial charge in [-0.05, 0) is 62.5 Å². The van der Waals surface area contributed by atoms with Gasteiger partial charge in [0.1, 0.15) is 6.04 Å². The Hall–Kier alpha value is -2.50. The highest BCUT2D eigenvalue weighted by Crippen LogP contribution is 2.56. The van der Waals surface area contributed by atoms with Crippen molar-refractivity contribution >= 4 is 23.6 Å². The molecule has 0 radical (unpaired) electrons. The van der Waals surface area contributed by atoms with Crippen LogP contribution >= 0.6 is 0 Å². The van der Waals surface area contributed by atoms with Gasteiger partial charge in [0, 0.05) is 5.56 Å². The molecule has 3 fully saturated rings. The van der Waals surface area contributed by atoms with E-state index in [-0.39, 0.29) is 47.2 Å². The van der Waals surface area contributed by atoms with Crippen molar-refractivity contribution in [2.75, 3.05) is 6.61 Å². The molecule has 160 valence electrons. The molecule has 1 aliphatic heterocycles. The Bertz CT molecular complexity index is 892. The second-order valence-electron chi connectivity index (χ2n) is 9.47. The number of fused-ring (bicyclic) bond motifs is 5. The van der Waals surface area contributed by atoms with Gasteiger partial charge < -0.3 is 4.74 Å². The second-order valence-corrected chi connectivity index (χ2v) is 9.47. The molecule has 0 unspecified atom stereocenters. The van der Waals surface area contributed by atoms with Gasteiger partial charge in [0.25, 0.3) is 0 Å². The summed E-state index contributed by atoms with van der Waals surface area (Å²) in [6.07, 6.45) is 2.92. The predicted octanol–water partition coefficient (Wildman–Crippen LogP) is 3.09. The van der Waals surface area contributed by atoms with E-state index in [1.54, 1.807) is 19.9 Å². The van der Waals surface area contributed by atoms with Crippen LogP contribution in [0.1, 0.15) is 54.6 Å². The number of amides is 2. The first-order valence-corrected chi connectivity index (χ1v) is 10.8. The topological polar surface area (TPSA) is 80.8 Å². The number of imide groups is 1. The zero-order valence-corrected chi connectivity index (χ0v) is 18.0. The lowest BCUT2D eigenvalue weighted by atomic mass is 9.81. The van der Waals surface area contributed by atoms with Crippen molar-refractivity contribution in [1.82, 2.24) is 4.90 Å². The summed E-state index contributed by atoms with van der Waals surface area (Å²) < 4.78 is 5.34. The van der Waals surface area contributed by atoms with Gasteiger partial charge in [0.05, 0.1) is 11.8 Å². The Morgan fingerprint density at radius 1 is 1.07 bits per heavy atom. The van der Waals surface area contributed by atoms with Gasteiger partial charge in [-0.15, -0.1) is 0 Å². The summed E-state index contributed by atoms with van der Waals surface area (Å²) >= 11 is 0. The smallest absolute Gasteiger partial charge is 0.330 e. The molecule has 30 heavy (non-hydrogen) atoms. The highest BCUT2D eigenvalue weighted by Gasteiger charge is 2.62. The normalized spacial score (nSPS) is 28.2. The Morgan fingerprint density at radius 3 is 2.23 bits per heavy atom. The number of likely N-dealkylation sites (tertiary alicyclic amines) is 1. The Balaban J connectivity index is 1.49. The van der Waals surface area contributed by atoms with Gasteiger partial charge in [-0.25, -0.2) is 4.79 Å². The minimum atomic E-state index is -0.985. The molecule has 2 saturated carbocycles. The van der Waals surface area contributed by atoms with Crippen LogP contribution in [0, 0.1) is 43.4 Å². The average Bonchev–Trinajstić information content (AvgIpc) is 3.37. The van der Waals surface area contributed by atoms with Crippen molar-refractivity contribution in [2.45, 2.75) is 53.0 Å². The number of benzene rings is 1. The summed E-state index contributed by atoms with van der Waals surface area (Å²) in [5, 5.41) is 0. The van der Waals surface area contributed by atoms with Gasteiger partial charge in [0.15, 0.2) is 6.61 Å². The van der Waals surface area contributed by atoms with Crippen LogP contribution < -0.4 is 0 Å². The largest absolute Gasteiger partial charge is 0.456 e. The highest BCUT2D eigenvalue weighted by molar-refractivity contribution is 6.09. The van der Waals surface area contributed by atoms with Crippen LogP contribution in [0.5, 0.6) is 0 Å². The first-order chi connectivity index (χ1) is 14.2. The lowest BCUT2D eigenvalue weighted by Crippen LogP contribution is -2.50. The molecule has 6 heteroatoms. The number of aryl methyl sites for hydroxylation is 2. The van der Waals surface area contributed by atoms with E-state index >= 15 is 0 Å². The monoisotopic (exact) mass is 411 g/mol. The number of Topliss-reactive ketones (excluding diaryl/α,β-unsaturated/α-hetero) is 1. The van der Waals surface area contributed by atoms with Crippen LogP contribution in [0.15, 0.2) is 18.2 Å². The maximum atomic E-state index is 13.1. The molecule has 2 amide bonds. The van der Waals surface area contributed by atoms with E-state index in [9.17, 15) is 19.2 Å².